The predicted molar refractivity (Wildman–Crippen MR) is 151 cm³/mol. The van der Waals surface area contributed by atoms with Crippen LogP contribution in [0.3, 0.4) is 0 Å². The molecule has 0 fully saturated rings. The zero-order valence-corrected chi connectivity index (χ0v) is 22.2. The number of carbonyl (C=O) groups excluding carboxylic acids is 1. The number of nitrogens with one attached hydrogen (secondary N) is 1. The van der Waals surface area contributed by atoms with Gasteiger partial charge in [0.05, 0.1) is 19.8 Å². The van der Waals surface area contributed by atoms with Crippen molar-refractivity contribution in [1.82, 2.24) is 9.29 Å². The highest BCUT2D eigenvalue weighted by molar-refractivity contribution is 6.48. The van der Waals surface area contributed by atoms with E-state index < -0.39 is 7.26 Å². The lowest BCUT2D eigenvalue weighted by Gasteiger charge is -2.35. The number of hydrogen-bond donors (Lipinski definition) is 1. The Morgan fingerprint density at radius 1 is 1.18 bits per heavy atom. The minimum absolute atomic E-state index is 0.111. The highest BCUT2D eigenvalue weighted by Crippen LogP contribution is 2.43. The van der Waals surface area contributed by atoms with Crippen molar-refractivity contribution in [2.24, 2.45) is 0 Å². The summed E-state index contributed by atoms with van der Waals surface area (Å²) in [6, 6.07) is 16.8. The van der Waals surface area contributed by atoms with Crippen LogP contribution in [0, 0.1) is 0 Å². The molecule has 1 atom stereocenters. The molecule has 2 aliphatic heterocycles. The maximum atomic E-state index is 16.0. The molecule has 1 unspecified atom stereocenters. The second kappa shape index (κ2) is 10.8. The van der Waals surface area contributed by atoms with E-state index in [0.29, 0.717) is 23.8 Å². The number of allylic oxidation sites excluding steroid dienone is 1. The Labute approximate surface area is 227 Å². The summed E-state index contributed by atoms with van der Waals surface area (Å²) >= 11 is 5.62. The Balaban J connectivity index is 1.51. The summed E-state index contributed by atoms with van der Waals surface area (Å²) in [7, 11) is 0.251. The van der Waals surface area contributed by atoms with Gasteiger partial charge in [-0.05, 0) is 73.1 Å². The van der Waals surface area contributed by atoms with Crippen molar-refractivity contribution in [3.63, 3.8) is 0 Å². The molecule has 1 aromatic heterocycles. The molecule has 2 aliphatic rings. The lowest BCUT2D eigenvalue weighted by atomic mass is 9.87. The number of nitrogens with zero attached hydrogens (tertiary/aromatic N) is 2. The Kier molecular flexibility index (Phi) is 7.34. The highest BCUT2D eigenvalue weighted by Gasteiger charge is 2.44. The summed E-state index contributed by atoms with van der Waals surface area (Å²) in [5, 5.41) is 2.76. The molecule has 5 rings (SSSR count). The smallest absolute Gasteiger partial charge is 0.493 e. The van der Waals surface area contributed by atoms with Crippen LogP contribution in [0.15, 0.2) is 84.2 Å². The number of amides is 1. The molecule has 0 radical (unpaired) electrons. The maximum absolute atomic E-state index is 16.0. The van der Waals surface area contributed by atoms with Crippen LogP contribution in [0.4, 0.5) is 10.0 Å². The first kappa shape index (κ1) is 25.7. The number of hydrogen-bond acceptors (Lipinski definition) is 4. The van der Waals surface area contributed by atoms with Gasteiger partial charge in [-0.15, -0.1) is 11.6 Å². The van der Waals surface area contributed by atoms with Crippen molar-refractivity contribution in [2.75, 3.05) is 24.9 Å². The van der Waals surface area contributed by atoms with E-state index in [1.54, 1.807) is 22.6 Å². The molecule has 194 valence electrons. The van der Waals surface area contributed by atoms with Gasteiger partial charge in [0.25, 0.3) is 0 Å². The number of benzene rings is 2. The third-order valence-electron chi connectivity index (χ3n) is 6.66. The van der Waals surface area contributed by atoms with Gasteiger partial charge in [-0.2, -0.15) is 0 Å². The van der Waals surface area contributed by atoms with E-state index in [1.807, 2.05) is 80.6 Å². The molecule has 3 heterocycles. The van der Waals surface area contributed by atoms with E-state index in [9.17, 15) is 4.79 Å². The van der Waals surface area contributed by atoms with Gasteiger partial charge in [0.1, 0.15) is 5.88 Å². The second-order valence-electron chi connectivity index (χ2n) is 9.04. The summed E-state index contributed by atoms with van der Waals surface area (Å²) in [4.78, 5) is 13.5. The Bertz CT molecular complexity index is 1450. The van der Waals surface area contributed by atoms with Crippen molar-refractivity contribution in [3.05, 3.63) is 101 Å². The van der Waals surface area contributed by atoms with Gasteiger partial charge in [0, 0.05) is 22.7 Å². The lowest BCUT2D eigenvalue weighted by molar-refractivity contribution is -0.113. The van der Waals surface area contributed by atoms with Crippen LogP contribution in [0.5, 0.6) is 11.5 Å². The van der Waals surface area contributed by atoms with Gasteiger partial charge < -0.3 is 24.1 Å². The molecule has 1 N–H and O–H groups in total. The van der Waals surface area contributed by atoms with E-state index >= 15 is 4.32 Å². The van der Waals surface area contributed by atoms with E-state index in [2.05, 4.69) is 11.4 Å². The predicted octanol–water partition coefficient (Wildman–Crippen LogP) is 5.99. The highest BCUT2D eigenvalue weighted by atomic mass is 35.5. The number of carbonyl (C=O) groups is 1. The topological polar surface area (TPSA) is 55.7 Å². The fourth-order valence-electron chi connectivity index (χ4n) is 5.01. The number of fused-ring (bicyclic) bond motifs is 2. The molecule has 0 spiro atoms. The number of alkyl halides is 1. The van der Waals surface area contributed by atoms with Crippen LogP contribution in [0.1, 0.15) is 30.7 Å². The third kappa shape index (κ3) is 4.72. The monoisotopic (exact) mass is 531 g/mol. The first-order valence-electron chi connectivity index (χ1n) is 12.4. The summed E-state index contributed by atoms with van der Waals surface area (Å²) in [5.74, 6) is 0.958. The average Bonchev–Trinajstić information content (AvgIpc) is 3.54. The lowest BCUT2D eigenvalue weighted by Crippen LogP contribution is -2.47. The molecule has 3 aromatic rings. The van der Waals surface area contributed by atoms with Crippen LogP contribution < -0.4 is 14.8 Å². The summed E-state index contributed by atoms with van der Waals surface area (Å²) in [6.07, 6.45) is 7.81. The standard InChI is InChI=1S/C29H28BClFN3O3/c1-4-38-26-17-20(8-14-25(26)37-3)7-13-23-16-19(2)29-28(24-6-5-15-34(24)30(32)35(23)29)21-9-11-22(12-10-21)33-27(36)18-31/h5-17,23H,4,18H2,1-3H3,(H,33,36)/b13-7+. The molecule has 6 nitrogen and oxygen atoms in total. The van der Waals surface area contributed by atoms with Crippen molar-refractivity contribution >= 4 is 42.1 Å². The molecular weight excluding hydrogens is 504 g/mol. The number of anilines is 1. The summed E-state index contributed by atoms with van der Waals surface area (Å²) in [6.45, 7) is 4.47. The minimum Gasteiger partial charge on any atom is -0.493 e. The molecule has 0 aliphatic carbocycles. The molecule has 38 heavy (non-hydrogen) atoms. The fraction of sp³-hybridized carbons (Fsp3) is 0.207. The quantitative estimate of drug-likeness (QED) is 0.286. The van der Waals surface area contributed by atoms with Crippen LogP contribution in [0.25, 0.3) is 11.6 Å². The SMILES string of the molecule is CCOc1cc(/C=C/C2C=C(C)C3=C(c4ccc(NC(=O)CCl)cc4)c4cccn4B(F)N32)ccc1OC. The van der Waals surface area contributed by atoms with Crippen LogP contribution in [-0.4, -0.2) is 48.1 Å². The van der Waals surface area contributed by atoms with Crippen molar-refractivity contribution in [1.29, 1.82) is 0 Å². The van der Waals surface area contributed by atoms with Crippen molar-refractivity contribution in [3.8, 4) is 11.5 Å². The fourth-order valence-corrected chi connectivity index (χ4v) is 5.08. The van der Waals surface area contributed by atoms with Crippen molar-refractivity contribution in [2.45, 2.75) is 19.9 Å². The average molecular weight is 532 g/mol. The van der Waals surface area contributed by atoms with E-state index in [0.717, 1.165) is 33.7 Å². The molecular formula is C29H28BClFN3O3. The molecule has 9 heteroatoms. The van der Waals surface area contributed by atoms with Gasteiger partial charge in [0.2, 0.25) is 5.91 Å². The minimum atomic E-state index is -1.36. The number of aromatic nitrogens is 1. The number of halogens is 2. The Morgan fingerprint density at radius 3 is 2.68 bits per heavy atom. The molecule has 0 saturated heterocycles. The second-order valence-corrected chi connectivity index (χ2v) is 9.31. The van der Waals surface area contributed by atoms with E-state index in [1.165, 1.54) is 0 Å². The third-order valence-corrected chi connectivity index (χ3v) is 6.90. The van der Waals surface area contributed by atoms with Crippen LogP contribution >= 0.6 is 11.6 Å². The zero-order valence-electron chi connectivity index (χ0n) is 21.4. The number of rotatable bonds is 8. The summed E-state index contributed by atoms with van der Waals surface area (Å²) in [5.41, 5.74) is 6.09. The molecule has 2 aromatic carbocycles. The first-order chi connectivity index (χ1) is 18.4. The zero-order chi connectivity index (χ0) is 26.8. The largest absolute Gasteiger partial charge is 0.592 e. The Hall–Kier alpha value is -3.91. The number of ether oxygens (including phenoxy) is 2. The van der Waals surface area contributed by atoms with Crippen LogP contribution in [-0.2, 0) is 4.79 Å². The van der Waals surface area contributed by atoms with Crippen molar-refractivity contribution < 1.29 is 18.6 Å². The molecule has 1 amide bonds. The summed E-state index contributed by atoms with van der Waals surface area (Å²) < 4.78 is 28.7. The molecule has 0 bridgehead atoms. The van der Waals surface area contributed by atoms with Gasteiger partial charge in [-0.25, -0.2) is 0 Å². The first-order valence-corrected chi connectivity index (χ1v) is 13.0. The van der Waals surface area contributed by atoms with Gasteiger partial charge in [-0.1, -0.05) is 36.4 Å². The number of methoxy groups -OCH3 is 1. The normalized spacial score (nSPS) is 16.4. The van der Waals surface area contributed by atoms with Gasteiger partial charge in [-0.3, -0.25) is 9.11 Å². The maximum Gasteiger partial charge on any atom is 0.592 e. The molecule has 0 saturated carbocycles. The Morgan fingerprint density at radius 2 is 1.97 bits per heavy atom. The van der Waals surface area contributed by atoms with Gasteiger partial charge in [0.15, 0.2) is 11.5 Å². The van der Waals surface area contributed by atoms with E-state index in [-0.39, 0.29) is 17.8 Å². The van der Waals surface area contributed by atoms with E-state index in [4.69, 9.17) is 21.1 Å². The van der Waals surface area contributed by atoms with Gasteiger partial charge >= 0.3 is 7.26 Å². The van der Waals surface area contributed by atoms with Crippen LogP contribution in [0.2, 0.25) is 0 Å².